The smallest absolute Gasteiger partial charge is 0.178 e. The van der Waals surface area contributed by atoms with Gasteiger partial charge in [0.05, 0.1) is 0 Å². The number of hydrogen-bond donors (Lipinski definition) is 1. The van der Waals surface area contributed by atoms with Crippen LogP contribution in [-0.2, 0) is 7.05 Å². The van der Waals surface area contributed by atoms with Crippen LogP contribution in [0.5, 0.6) is 0 Å². The molecule has 2 nitrogen and oxygen atoms in total. The van der Waals surface area contributed by atoms with Gasteiger partial charge in [0.1, 0.15) is 9.47 Å². The third-order valence-electron chi connectivity index (χ3n) is 1.92. The predicted octanol–water partition coefficient (Wildman–Crippen LogP) is 3.34. The maximum absolute atomic E-state index is 5.28. The van der Waals surface area contributed by atoms with Gasteiger partial charge in [0.25, 0.3) is 0 Å². The van der Waals surface area contributed by atoms with Crippen molar-refractivity contribution >= 4 is 46.0 Å². The molecule has 1 N–H and O–H groups in total. The van der Waals surface area contributed by atoms with Gasteiger partial charge in [-0.2, -0.15) is 0 Å². The first-order valence-corrected chi connectivity index (χ1v) is 5.42. The van der Waals surface area contributed by atoms with E-state index in [1.165, 1.54) is 4.88 Å². The quantitative estimate of drug-likeness (QED) is 0.698. The predicted molar refractivity (Wildman–Crippen MR) is 61.6 cm³/mol. The van der Waals surface area contributed by atoms with Crippen LogP contribution in [0.4, 0.5) is 0 Å². The Labute approximate surface area is 89.9 Å². The van der Waals surface area contributed by atoms with E-state index in [2.05, 4.69) is 18.0 Å². The summed E-state index contributed by atoms with van der Waals surface area (Å²) in [5.41, 5.74) is 0. The third kappa shape index (κ3) is 1.37. The van der Waals surface area contributed by atoms with Gasteiger partial charge >= 0.3 is 0 Å². The molecule has 0 fully saturated rings. The lowest BCUT2D eigenvalue weighted by Gasteiger charge is -1.98. The summed E-state index contributed by atoms with van der Waals surface area (Å²) >= 11 is 12.1. The van der Waals surface area contributed by atoms with Crippen molar-refractivity contribution in [2.24, 2.45) is 7.05 Å². The van der Waals surface area contributed by atoms with E-state index >= 15 is 0 Å². The molecule has 2 aromatic rings. The molecule has 0 unspecified atom stereocenters. The van der Waals surface area contributed by atoms with Gasteiger partial charge < -0.3 is 9.55 Å². The Morgan fingerprint density at radius 1 is 1.46 bits per heavy atom. The zero-order chi connectivity index (χ0) is 9.59. The summed E-state index contributed by atoms with van der Waals surface area (Å²) < 4.78 is 3.31. The largest absolute Gasteiger partial charge is 0.323 e. The van der Waals surface area contributed by atoms with Crippen molar-refractivity contribution in [2.75, 3.05) is 0 Å². The monoisotopic (exact) mass is 228 g/mol. The molecular formula is C8H8N2S3. The van der Waals surface area contributed by atoms with Crippen molar-refractivity contribution in [3.05, 3.63) is 20.4 Å². The number of aromatic nitrogens is 2. The molecule has 0 spiro atoms. The summed E-state index contributed by atoms with van der Waals surface area (Å²) in [5, 5.41) is 1.09. The molecule has 0 saturated heterocycles. The molecule has 0 saturated carbocycles. The Balaban J connectivity index is 3.10. The summed E-state index contributed by atoms with van der Waals surface area (Å²) in [5.74, 6) is 0. The highest BCUT2D eigenvalue weighted by molar-refractivity contribution is 7.72. The summed E-state index contributed by atoms with van der Waals surface area (Å²) in [6.45, 7) is 2.07. The first-order chi connectivity index (χ1) is 6.09. The fourth-order valence-corrected chi connectivity index (χ4v) is 2.76. The molecule has 0 amide bonds. The van der Waals surface area contributed by atoms with E-state index in [4.69, 9.17) is 24.4 Å². The van der Waals surface area contributed by atoms with Crippen molar-refractivity contribution in [3.8, 4) is 0 Å². The number of nitrogens with one attached hydrogen (secondary N) is 1. The second kappa shape index (κ2) is 3.01. The molecule has 0 aliphatic heterocycles. The first kappa shape index (κ1) is 9.05. The Kier molecular flexibility index (Phi) is 2.09. The molecule has 2 rings (SSSR count). The lowest BCUT2D eigenvalue weighted by atomic mass is 10.4. The SMILES string of the molecule is Cc1cc2c(=S)n(C)c(=S)[nH]c2s1. The molecule has 0 radical (unpaired) electrons. The van der Waals surface area contributed by atoms with Crippen LogP contribution >= 0.6 is 35.8 Å². The number of H-pyrrole nitrogens is 1. The van der Waals surface area contributed by atoms with Gasteiger partial charge in [0.2, 0.25) is 0 Å². The van der Waals surface area contributed by atoms with Crippen molar-refractivity contribution in [1.29, 1.82) is 0 Å². The number of aromatic amines is 1. The summed E-state index contributed by atoms with van der Waals surface area (Å²) in [7, 11) is 1.88. The molecule has 0 aliphatic rings. The molecule has 68 valence electrons. The van der Waals surface area contributed by atoms with Crippen molar-refractivity contribution in [3.63, 3.8) is 0 Å². The molecule has 2 aromatic heterocycles. The lowest BCUT2D eigenvalue weighted by Crippen LogP contribution is -1.95. The van der Waals surface area contributed by atoms with Crippen LogP contribution in [0.3, 0.4) is 0 Å². The van der Waals surface area contributed by atoms with Crippen molar-refractivity contribution in [2.45, 2.75) is 6.92 Å². The van der Waals surface area contributed by atoms with E-state index in [1.54, 1.807) is 11.3 Å². The van der Waals surface area contributed by atoms with Crippen molar-refractivity contribution < 1.29 is 0 Å². The standard InChI is InChI=1S/C8H8N2S3/c1-4-3-5-6(13-4)9-8(12)10(2)7(5)11/h3H,1-2H3,(H,9,12). The fraction of sp³-hybridized carbons (Fsp3) is 0.250. The van der Waals surface area contributed by atoms with Gasteiger partial charge in [-0.3, -0.25) is 0 Å². The van der Waals surface area contributed by atoms with Crippen LogP contribution in [0.1, 0.15) is 4.88 Å². The number of aryl methyl sites for hydroxylation is 1. The zero-order valence-electron chi connectivity index (χ0n) is 7.25. The van der Waals surface area contributed by atoms with Crippen LogP contribution in [0.25, 0.3) is 10.2 Å². The summed E-state index contributed by atoms with van der Waals surface area (Å²) in [6, 6.07) is 2.09. The second-order valence-corrected chi connectivity index (χ2v) is 4.92. The van der Waals surface area contributed by atoms with E-state index in [0.29, 0.717) is 4.77 Å². The summed E-state index contributed by atoms with van der Waals surface area (Å²) in [6.07, 6.45) is 0. The molecule has 0 aromatic carbocycles. The fourth-order valence-electron chi connectivity index (χ4n) is 1.22. The van der Waals surface area contributed by atoms with Gasteiger partial charge in [-0.25, -0.2) is 0 Å². The molecule has 5 heteroatoms. The Morgan fingerprint density at radius 3 is 2.85 bits per heavy atom. The van der Waals surface area contributed by atoms with Crippen LogP contribution in [0.2, 0.25) is 0 Å². The second-order valence-electron chi connectivity index (χ2n) is 2.89. The van der Waals surface area contributed by atoms with Crippen LogP contribution in [0, 0.1) is 16.3 Å². The van der Waals surface area contributed by atoms with E-state index in [0.717, 1.165) is 14.9 Å². The summed E-state index contributed by atoms with van der Waals surface area (Å²) in [4.78, 5) is 5.47. The number of rotatable bonds is 0. The van der Waals surface area contributed by atoms with Gasteiger partial charge in [-0.15, -0.1) is 11.3 Å². The highest BCUT2D eigenvalue weighted by Crippen LogP contribution is 2.23. The number of nitrogens with zero attached hydrogens (tertiary/aromatic N) is 1. The Bertz CT molecular complexity index is 573. The topological polar surface area (TPSA) is 20.7 Å². The Morgan fingerprint density at radius 2 is 2.15 bits per heavy atom. The molecule has 2 heterocycles. The molecule has 0 aliphatic carbocycles. The van der Waals surface area contributed by atoms with Gasteiger partial charge in [-0.1, -0.05) is 12.2 Å². The minimum Gasteiger partial charge on any atom is -0.323 e. The molecular weight excluding hydrogens is 220 g/mol. The maximum Gasteiger partial charge on any atom is 0.178 e. The average Bonchev–Trinajstić information content (AvgIpc) is 2.42. The van der Waals surface area contributed by atoms with Crippen LogP contribution < -0.4 is 0 Å². The third-order valence-corrected chi connectivity index (χ3v) is 3.75. The zero-order valence-corrected chi connectivity index (χ0v) is 9.70. The molecule has 13 heavy (non-hydrogen) atoms. The number of thiophene rings is 1. The maximum atomic E-state index is 5.28. The van der Waals surface area contributed by atoms with E-state index in [1.807, 2.05) is 11.6 Å². The molecule has 0 atom stereocenters. The van der Waals surface area contributed by atoms with Gasteiger partial charge in [0, 0.05) is 17.3 Å². The minimum absolute atomic E-state index is 0.680. The number of fused-ring (bicyclic) bond motifs is 1. The Hall–Kier alpha value is -0.520. The highest BCUT2D eigenvalue weighted by atomic mass is 32.1. The minimum atomic E-state index is 0.680. The average molecular weight is 228 g/mol. The van der Waals surface area contributed by atoms with Crippen LogP contribution in [0.15, 0.2) is 6.07 Å². The van der Waals surface area contributed by atoms with Crippen LogP contribution in [-0.4, -0.2) is 9.55 Å². The highest BCUT2D eigenvalue weighted by Gasteiger charge is 2.02. The molecule has 0 bridgehead atoms. The van der Waals surface area contributed by atoms with E-state index in [-0.39, 0.29) is 0 Å². The van der Waals surface area contributed by atoms with E-state index < -0.39 is 0 Å². The number of hydrogen-bond acceptors (Lipinski definition) is 3. The van der Waals surface area contributed by atoms with Gasteiger partial charge in [0.15, 0.2) is 4.77 Å². The first-order valence-electron chi connectivity index (χ1n) is 3.79. The van der Waals surface area contributed by atoms with E-state index in [9.17, 15) is 0 Å². The van der Waals surface area contributed by atoms with Gasteiger partial charge in [-0.05, 0) is 25.2 Å². The normalized spacial score (nSPS) is 10.9. The lowest BCUT2D eigenvalue weighted by molar-refractivity contribution is 0.848. The van der Waals surface area contributed by atoms with Crippen molar-refractivity contribution in [1.82, 2.24) is 9.55 Å².